The number of aldehydes is 1. The molecule has 104 valence electrons. The summed E-state index contributed by atoms with van der Waals surface area (Å²) < 4.78 is 6.93. The average Bonchev–Trinajstić information content (AvgIpc) is 2.50. The average molecular weight is 280 g/mol. The van der Waals surface area contributed by atoms with Crippen molar-refractivity contribution in [3.63, 3.8) is 0 Å². The van der Waals surface area contributed by atoms with Crippen LogP contribution in [0.2, 0.25) is 0 Å². The number of pyridine rings is 1. The zero-order valence-electron chi connectivity index (χ0n) is 11.3. The van der Waals surface area contributed by atoms with Crippen LogP contribution in [0.3, 0.4) is 0 Å². The molecule has 5 heteroatoms. The largest absolute Gasteiger partial charge is 0.438 e. The summed E-state index contributed by atoms with van der Waals surface area (Å²) in [6, 6.07) is 12.5. The predicted octanol–water partition coefficient (Wildman–Crippen LogP) is 2.61. The van der Waals surface area contributed by atoms with Crippen molar-refractivity contribution in [3.8, 4) is 11.6 Å². The van der Waals surface area contributed by atoms with Crippen LogP contribution in [-0.4, -0.2) is 15.7 Å². The molecule has 0 aliphatic rings. The predicted molar refractivity (Wildman–Crippen MR) is 78.1 cm³/mol. The molecule has 0 amide bonds. The molecule has 3 rings (SSSR count). The molecule has 0 N–H and O–H groups in total. The fourth-order valence-corrected chi connectivity index (χ4v) is 2.07. The summed E-state index contributed by atoms with van der Waals surface area (Å²) in [4.78, 5) is 27.9. The van der Waals surface area contributed by atoms with Gasteiger partial charge in [-0.1, -0.05) is 24.3 Å². The molecular weight excluding hydrogens is 268 g/mol. The fraction of sp³-hybridized carbons (Fsp3) is 0.0625. The summed E-state index contributed by atoms with van der Waals surface area (Å²) in [7, 11) is 0. The third kappa shape index (κ3) is 2.29. The first kappa shape index (κ1) is 13.1. The SMILES string of the molecule is Cc1cccn2c(=O)c(C=O)c(Oc3ccccc3)nc12. The number of rotatable bonds is 3. The zero-order valence-corrected chi connectivity index (χ0v) is 11.3. The van der Waals surface area contributed by atoms with Crippen LogP contribution in [0.1, 0.15) is 15.9 Å². The third-order valence-electron chi connectivity index (χ3n) is 3.12. The molecule has 0 saturated heterocycles. The first-order valence-corrected chi connectivity index (χ1v) is 6.41. The summed E-state index contributed by atoms with van der Waals surface area (Å²) >= 11 is 0. The Morgan fingerprint density at radius 3 is 2.62 bits per heavy atom. The molecular formula is C16H12N2O3. The van der Waals surface area contributed by atoms with E-state index in [0.717, 1.165) is 5.56 Å². The highest BCUT2D eigenvalue weighted by Gasteiger charge is 2.15. The minimum Gasteiger partial charge on any atom is -0.438 e. The van der Waals surface area contributed by atoms with E-state index in [1.807, 2.05) is 19.1 Å². The minimum atomic E-state index is -0.440. The maximum atomic E-state index is 12.3. The van der Waals surface area contributed by atoms with Gasteiger partial charge in [0.05, 0.1) is 0 Å². The molecule has 5 nitrogen and oxygen atoms in total. The maximum Gasteiger partial charge on any atom is 0.272 e. The van der Waals surface area contributed by atoms with E-state index in [1.54, 1.807) is 36.5 Å². The Kier molecular flexibility index (Phi) is 3.23. The number of aromatic nitrogens is 2. The first-order chi connectivity index (χ1) is 10.2. The van der Waals surface area contributed by atoms with E-state index in [4.69, 9.17) is 4.74 Å². The highest BCUT2D eigenvalue weighted by molar-refractivity contribution is 5.78. The molecule has 2 aromatic heterocycles. The van der Waals surface area contributed by atoms with Crippen molar-refractivity contribution in [2.24, 2.45) is 0 Å². The van der Waals surface area contributed by atoms with Gasteiger partial charge in [0.15, 0.2) is 6.29 Å². The van der Waals surface area contributed by atoms with Crippen LogP contribution < -0.4 is 10.3 Å². The molecule has 0 bridgehead atoms. The summed E-state index contributed by atoms with van der Waals surface area (Å²) in [6.45, 7) is 1.84. The molecule has 1 aromatic carbocycles. The summed E-state index contributed by atoms with van der Waals surface area (Å²) in [5, 5.41) is 0. The van der Waals surface area contributed by atoms with Gasteiger partial charge in [-0.15, -0.1) is 0 Å². The van der Waals surface area contributed by atoms with Gasteiger partial charge in [-0.2, -0.15) is 4.98 Å². The quantitative estimate of drug-likeness (QED) is 0.692. The van der Waals surface area contributed by atoms with Crippen molar-refractivity contribution in [3.05, 3.63) is 70.1 Å². The monoisotopic (exact) mass is 280 g/mol. The number of benzene rings is 1. The number of fused-ring (bicyclic) bond motifs is 1. The first-order valence-electron chi connectivity index (χ1n) is 6.41. The van der Waals surface area contributed by atoms with E-state index in [1.165, 1.54) is 4.40 Å². The van der Waals surface area contributed by atoms with Crippen LogP contribution in [0, 0.1) is 6.92 Å². The van der Waals surface area contributed by atoms with E-state index in [9.17, 15) is 9.59 Å². The van der Waals surface area contributed by atoms with E-state index in [-0.39, 0.29) is 11.4 Å². The molecule has 21 heavy (non-hydrogen) atoms. The van der Waals surface area contributed by atoms with Gasteiger partial charge in [0.25, 0.3) is 5.56 Å². The second-order valence-electron chi connectivity index (χ2n) is 4.55. The molecule has 0 spiro atoms. The summed E-state index contributed by atoms with van der Waals surface area (Å²) in [5.74, 6) is 0.543. The normalized spacial score (nSPS) is 10.5. The second kappa shape index (κ2) is 5.20. The smallest absolute Gasteiger partial charge is 0.272 e. The van der Waals surface area contributed by atoms with Gasteiger partial charge in [-0.25, -0.2) is 0 Å². The lowest BCUT2D eigenvalue weighted by Gasteiger charge is -2.09. The standard InChI is InChI=1S/C16H12N2O3/c1-11-6-5-9-18-14(11)17-15(13(10-19)16(18)20)21-12-7-3-2-4-8-12/h2-10H,1H3. The summed E-state index contributed by atoms with van der Waals surface area (Å²) in [5.41, 5.74) is 0.760. The number of hydrogen-bond acceptors (Lipinski definition) is 4. The lowest BCUT2D eigenvalue weighted by Crippen LogP contribution is -2.21. The molecule has 0 unspecified atom stereocenters. The van der Waals surface area contributed by atoms with Crippen molar-refractivity contribution in [2.45, 2.75) is 6.92 Å². The Bertz CT molecular complexity index is 870. The summed E-state index contributed by atoms with van der Waals surface area (Å²) in [6.07, 6.45) is 2.05. The Hall–Kier alpha value is -2.95. The van der Waals surface area contributed by atoms with Crippen molar-refractivity contribution >= 4 is 11.9 Å². The van der Waals surface area contributed by atoms with Crippen LogP contribution in [0.25, 0.3) is 5.65 Å². The van der Waals surface area contributed by atoms with Gasteiger partial charge in [0.1, 0.15) is 17.0 Å². The number of carbonyl (C=O) groups excluding carboxylic acids is 1. The van der Waals surface area contributed by atoms with Crippen molar-refractivity contribution in [1.82, 2.24) is 9.38 Å². The van der Waals surface area contributed by atoms with Crippen LogP contribution in [0.15, 0.2) is 53.5 Å². The highest BCUT2D eigenvalue weighted by atomic mass is 16.5. The number of aryl methyl sites for hydroxylation is 1. The highest BCUT2D eigenvalue weighted by Crippen LogP contribution is 2.21. The van der Waals surface area contributed by atoms with E-state index < -0.39 is 5.56 Å². The second-order valence-corrected chi connectivity index (χ2v) is 4.55. The molecule has 2 heterocycles. The number of nitrogens with zero attached hydrogens (tertiary/aromatic N) is 2. The molecule has 0 atom stereocenters. The Morgan fingerprint density at radius 1 is 1.14 bits per heavy atom. The number of hydrogen-bond donors (Lipinski definition) is 0. The van der Waals surface area contributed by atoms with Crippen LogP contribution >= 0.6 is 0 Å². The topological polar surface area (TPSA) is 60.7 Å². The minimum absolute atomic E-state index is 0.0236. The van der Waals surface area contributed by atoms with E-state index in [2.05, 4.69) is 4.98 Å². The van der Waals surface area contributed by atoms with Gasteiger partial charge >= 0.3 is 0 Å². The Labute approximate surface area is 120 Å². The molecule has 3 aromatic rings. The Balaban J connectivity index is 2.24. The molecule has 0 aliphatic heterocycles. The van der Waals surface area contributed by atoms with Crippen molar-refractivity contribution in [2.75, 3.05) is 0 Å². The van der Waals surface area contributed by atoms with Crippen LogP contribution in [0.4, 0.5) is 0 Å². The lowest BCUT2D eigenvalue weighted by molar-refractivity contribution is 0.111. The van der Waals surface area contributed by atoms with Gasteiger partial charge in [0.2, 0.25) is 5.88 Å². The van der Waals surface area contributed by atoms with Gasteiger partial charge in [-0.05, 0) is 30.7 Å². The van der Waals surface area contributed by atoms with E-state index >= 15 is 0 Å². The Morgan fingerprint density at radius 2 is 1.90 bits per heavy atom. The van der Waals surface area contributed by atoms with Gasteiger partial charge < -0.3 is 4.74 Å². The van der Waals surface area contributed by atoms with Crippen LogP contribution in [-0.2, 0) is 0 Å². The molecule has 0 radical (unpaired) electrons. The van der Waals surface area contributed by atoms with Gasteiger partial charge in [-0.3, -0.25) is 14.0 Å². The van der Waals surface area contributed by atoms with Crippen molar-refractivity contribution in [1.29, 1.82) is 0 Å². The molecule has 0 saturated carbocycles. The van der Waals surface area contributed by atoms with Crippen molar-refractivity contribution < 1.29 is 9.53 Å². The number of carbonyl (C=O) groups is 1. The van der Waals surface area contributed by atoms with E-state index in [0.29, 0.717) is 17.7 Å². The lowest BCUT2D eigenvalue weighted by atomic mass is 10.2. The molecule has 0 fully saturated rings. The maximum absolute atomic E-state index is 12.3. The van der Waals surface area contributed by atoms with Crippen LogP contribution in [0.5, 0.6) is 11.6 Å². The van der Waals surface area contributed by atoms with Gasteiger partial charge in [0, 0.05) is 6.20 Å². The number of para-hydroxylation sites is 1. The zero-order chi connectivity index (χ0) is 14.8. The third-order valence-corrected chi connectivity index (χ3v) is 3.12. The number of ether oxygens (including phenoxy) is 1. The fourth-order valence-electron chi connectivity index (χ4n) is 2.07. The molecule has 0 aliphatic carbocycles.